The van der Waals surface area contributed by atoms with Crippen molar-refractivity contribution >= 4 is 23.6 Å². The van der Waals surface area contributed by atoms with Gasteiger partial charge < -0.3 is 9.64 Å². The van der Waals surface area contributed by atoms with Crippen molar-refractivity contribution in [2.75, 3.05) is 11.5 Å². The van der Waals surface area contributed by atoms with Gasteiger partial charge in [-0.05, 0) is 56.0 Å². The zero-order valence-electron chi connectivity index (χ0n) is 19.5. The van der Waals surface area contributed by atoms with Gasteiger partial charge in [-0.15, -0.1) is 0 Å². The lowest BCUT2D eigenvalue weighted by Gasteiger charge is -2.45. The first-order valence-electron chi connectivity index (χ1n) is 11.8. The Morgan fingerprint density at radius 2 is 1.94 bits per heavy atom. The molecule has 0 bridgehead atoms. The molecule has 2 aliphatic rings. The van der Waals surface area contributed by atoms with Gasteiger partial charge in [0.2, 0.25) is 5.91 Å². The molecule has 1 aromatic carbocycles. The van der Waals surface area contributed by atoms with E-state index in [2.05, 4.69) is 11.9 Å². The summed E-state index contributed by atoms with van der Waals surface area (Å²) < 4.78 is 5.13. The minimum atomic E-state index is -0.423. The monoisotopic (exact) mass is 449 g/mol. The summed E-state index contributed by atoms with van der Waals surface area (Å²) in [5, 5.41) is 0. The molecule has 0 spiro atoms. The summed E-state index contributed by atoms with van der Waals surface area (Å²) in [6.45, 7) is 5.67. The number of carbonyl (C=O) groups excluding carboxylic acids is 3. The lowest BCUT2D eigenvalue weighted by atomic mass is 9.87. The molecule has 1 aliphatic carbocycles. The van der Waals surface area contributed by atoms with Crippen LogP contribution in [-0.2, 0) is 9.53 Å². The number of hydrogen-bond donors (Lipinski definition) is 0. The fourth-order valence-electron chi connectivity index (χ4n) is 5.38. The largest absolute Gasteiger partial charge is 0.462 e. The van der Waals surface area contributed by atoms with Gasteiger partial charge in [0.15, 0.2) is 0 Å². The summed E-state index contributed by atoms with van der Waals surface area (Å²) in [6, 6.07) is 10.5. The smallest absolute Gasteiger partial charge is 0.338 e. The van der Waals surface area contributed by atoms with Crippen molar-refractivity contribution in [2.24, 2.45) is 0 Å². The summed E-state index contributed by atoms with van der Waals surface area (Å²) in [4.78, 5) is 46.9. The predicted octanol–water partition coefficient (Wildman–Crippen LogP) is 4.53. The number of anilines is 1. The molecule has 4 rings (SSSR count). The lowest BCUT2D eigenvalue weighted by molar-refractivity contribution is -0.117. The summed E-state index contributed by atoms with van der Waals surface area (Å²) in [7, 11) is 0. The summed E-state index contributed by atoms with van der Waals surface area (Å²) >= 11 is 0. The molecule has 33 heavy (non-hydrogen) atoms. The van der Waals surface area contributed by atoms with E-state index in [0.29, 0.717) is 16.9 Å². The standard InChI is InChI=1S/C26H31N3O4/c1-4-21-19-14-13-18(26(32)33-5-2)16-20(19)25(31)29(21)23-11-7-6-10-22(23)28(17(3)30)24-12-8-9-15-27-24/h8-9,12-16,21-23H,4-7,10-11H2,1-3H3/t21?,22-,23-/m1/s1. The van der Waals surface area contributed by atoms with Gasteiger partial charge in [0.05, 0.1) is 30.3 Å². The van der Waals surface area contributed by atoms with Crippen molar-refractivity contribution in [1.29, 1.82) is 0 Å². The van der Waals surface area contributed by atoms with E-state index in [-0.39, 0.29) is 36.5 Å². The maximum atomic E-state index is 13.7. The molecular formula is C26H31N3O4. The highest BCUT2D eigenvalue weighted by atomic mass is 16.5. The number of pyridine rings is 1. The average molecular weight is 450 g/mol. The number of fused-ring (bicyclic) bond motifs is 1. The van der Waals surface area contributed by atoms with E-state index in [1.165, 1.54) is 0 Å². The summed E-state index contributed by atoms with van der Waals surface area (Å²) in [6.07, 6.45) is 6.07. The van der Waals surface area contributed by atoms with Gasteiger partial charge in [-0.2, -0.15) is 0 Å². The SMILES string of the molecule is CCOC(=O)c1ccc2c(c1)C(=O)N([C@@H]1CCCC[C@H]1N(C(C)=O)c1ccccn1)C2CC. The van der Waals surface area contributed by atoms with Crippen LogP contribution in [0.1, 0.15) is 85.2 Å². The molecule has 0 radical (unpaired) electrons. The first-order valence-corrected chi connectivity index (χ1v) is 11.8. The van der Waals surface area contributed by atoms with Crippen molar-refractivity contribution in [3.05, 3.63) is 59.3 Å². The molecule has 0 N–H and O–H groups in total. The van der Waals surface area contributed by atoms with Crippen LogP contribution in [0.3, 0.4) is 0 Å². The van der Waals surface area contributed by atoms with Crippen LogP contribution in [0.5, 0.6) is 0 Å². The maximum Gasteiger partial charge on any atom is 0.338 e. The highest BCUT2D eigenvalue weighted by Crippen LogP contribution is 2.42. The highest BCUT2D eigenvalue weighted by Gasteiger charge is 2.45. The second-order valence-electron chi connectivity index (χ2n) is 8.66. The third-order valence-electron chi connectivity index (χ3n) is 6.73. The number of rotatable bonds is 6. The maximum absolute atomic E-state index is 13.7. The van der Waals surface area contributed by atoms with Crippen LogP contribution < -0.4 is 4.90 Å². The number of carbonyl (C=O) groups is 3. The van der Waals surface area contributed by atoms with Crippen LogP contribution in [0.15, 0.2) is 42.6 Å². The number of nitrogens with zero attached hydrogens (tertiary/aromatic N) is 3. The van der Waals surface area contributed by atoms with E-state index in [0.717, 1.165) is 37.7 Å². The van der Waals surface area contributed by atoms with Gasteiger partial charge in [0.25, 0.3) is 5.91 Å². The van der Waals surface area contributed by atoms with Gasteiger partial charge in [0.1, 0.15) is 5.82 Å². The Morgan fingerprint density at radius 3 is 2.61 bits per heavy atom. The molecule has 2 aromatic rings. The van der Waals surface area contributed by atoms with Crippen LogP contribution in [0, 0.1) is 0 Å². The van der Waals surface area contributed by atoms with E-state index >= 15 is 0 Å². The lowest BCUT2D eigenvalue weighted by Crippen LogP contribution is -2.56. The van der Waals surface area contributed by atoms with Crippen molar-refractivity contribution in [3.63, 3.8) is 0 Å². The average Bonchev–Trinajstić information content (AvgIpc) is 3.11. The van der Waals surface area contributed by atoms with E-state index in [1.807, 2.05) is 29.2 Å². The number of esters is 1. The molecule has 1 fully saturated rings. The zero-order valence-corrected chi connectivity index (χ0v) is 19.5. The van der Waals surface area contributed by atoms with E-state index < -0.39 is 5.97 Å². The van der Waals surface area contributed by atoms with E-state index in [4.69, 9.17) is 4.74 Å². The Kier molecular flexibility index (Phi) is 6.77. The quantitative estimate of drug-likeness (QED) is 0.606. The Morgan fingerprint density at radius 1 is 1.15 bits per heavy atom. The number of ether oxygens (including phenoxy) is 1. The number of amides is 2. The molecule has 1 aliphatic heterocycles. The minimum absolute atomic E-state index is 0.0765. The third-order valence-corrected chi connectivity index (χ3v) is 6.73. The second-order valence-corrected chi connectivity index (χ2v) is 8.66. The minimum Gasteiger partial charge on any atom is -0.462 e. The predicted molar refractivity (Wildman–Crippen MR) is 125 cm³/mol. The first kappa shape index (κ1) is 23.0. The van der Waals surface area contributed by atoms with Crippen molar-refractivity contribution in [3.8, 4) is 0 Å². The Labute approximate surface area is 194 Å². The molecule has 0 saturated heterocycles. The second kappa shape index (κ2) is 9.73. The Hall–Kier alpha value is -3.22. The van der Waals surface area contributed by atoms with Crippen LogP contribution in [0.2, 0.25) is 0 Å². The molecular weight excluding hydrogens is 418 g/mol. The molecule has 2 amide bonds. The van der Waals surface area contributed by atoms with E-state index in [1.54, 1.807) is 37.1 Å². The molecule has 7 heteroatoms. The zero-order chi connectivity index (χ0) is 23.5. The van der Waals surface area contributed by atoms with Crippen molar-refractivity contribution in [1.82, 2.24) is 9.88 Å². The molecule has 1 saturated carbocycles. The third kappa shape index (κ3) is 4.24. The van der Waals surface area contributed by atoms with Gasteiger partial charge in [-0.1, -0.05) is 31.9 Å². The van der Waals surface area contributed by atoms with Crippen LogP contribution in [-0.4, -0.2) is 46.4 Å². The van der Waals surface area contributed by atoms with Crippen LogP contribution >= 0.6 is 0 Å². The van der Waals surface area contributed by atoms with Crippen LogP contribution in [0.25, 0.3) is 0 Å². The van der Waals surface area contributed by atoms with Crippen LogP contribution in [0.4, 0.5) is 5.82 Å². The molecule has 2 heterocycles. The topological polar surface area (TPSA) is 79.8 Å². The molecule has 7 nitrogen and oxygen atoms in total. The summed E-state index contributed by atoms with van der Waals surface area (Å²) in [5.74, 6) is 0.0357. The normalized spacial score (nSPS) is 22.1. The number of hydrogen-bond acceptors (Lipinski definition) is 5. The number of aromatic nitrogens is 1. The summed E-state index contributed by atoms with van der Waals surface area (Å²) in [5.41, 5.74) is 1.88. The van der Waals surface area contributed by atoms with Crippen molar-refractivity contribution in [2.45, 2.75) is 71.0 Å². The molecule has 3 atom stereocenters. The van der Waals surface area contributed by atoms with Gasteiger partial charge >= 0.3 is 5.97 Å². The fraction of sp³-hybridized carbons (Fsp3) is 0.462. The van der Waals surface area contributed by atoms with E-state index in [9.17, 15) is 14.4 Å². The molecule has 1 aromatic heterocycles. The Bertz CT molecular complexity index is 1040. The van der Waals surface area contributed by atoms with Gasteiger partial charge in [-0.25, -0.2) is 9.78 Å². The van der Waals surface area contributed by atoms with Gasteiger partial charge in [-0.3, -0.25) is 14.5 Å². The highest BCUT2D eigenvalue weighted by molar-refractivity contribution is 6.02. The van der Waals surface area contributed by atoms with Gasteiger partial charge in [0, 0.05) is 18.7 Å². The number of benzene rings is 1. The Balaban J connectivity index is 1.71. The molecule has 174 valence electrons. The van der Waals surface area contributed by atoms with Crippen molar-refractivity contribution < 1.29 is 19.1 Å². The fourth-order valence-corrected chi connectivity index (χ4v) is 5.38. The molecule has 1 unspecified atom stereocenters. The first-order chi connectivity index (χ1) is 16.0.